The van der Waals surface area contributed by atoms with Gasteiger partial charge in [0.2, 0.25) is 5.88 Å². The minimum Gasteiger partial charge on any atom is -0.474 e. The van der Waals surface area contributed by atoms with E-state index in [1.807, 2.05) is 0 Å². The summed E-state index contributed by atoms with van der Waals surface area (Å²) < 4.78 is 44.5. The number of halogens is 2. The molecular formula is C22H29F2N5O5. The van der Waals surface area contributed by atoms with Crippen molar-refractivity contribution in [1.82, 2.24) is 15.0 Å². The number of hydrogen-bond acceptors (Lipinski definition) is 10. The number of aromatic nitrogens is 2. The zero-order chi connectivity index (χ0) is 24.5. The summed E-state index contributed by atoms with van der Waals surface area (Å²) in [7, 11) is 1.52. The molecule has 12 heteroatoms. The van der Waals surface area contributed by atoms with Gasteiger partial charge in [-0.15, -0.1) is 5.06 Å². The number of hydroxylamine groups is 2. The van der Waals surface area contributed by atoms with Gasteiger partial charge in [-0.25, -0.2) is 23.5 Å². The van der Waals surface area contributed by atoms with Crippen LogP contribution in [0.15, 0.2) is 24.5 Å². The Morgan fingerprint density at radius 2 is 1.85 bits per heavy atom. The third kappa shape index (κ3) is 7.66. The van der Waals surface area contributed by atoms with Gasteiger partial charge in [-0.2, -0.15) is 0 Å². The van der Waals surface area contributed by atoms with Crippen LogP contribution in [0.3, 0.4) is 0 Å². The first kappa shape index (κ1) is 25.4. The molecule has 186 valence electrons. The number of carbonyl (C=O) groups excluding carboxylic acids is 1. The minimum atomic E-state index is -0.733. The quantitative estimate of drug-likeness (QED) is 0.383. The molecular weight excluding hydrogens is 452 g/mol. The van der Waals surface area contributed by atoms with Gasteiger partial charge < -0.3 is 29.7 Å². The van der Waals surface area contributed by atoms with Crippen molar-refractivity contribution < 1.29 is 32.6 Å². The molecule has 3 rings (SSSR count). The highest BCUT2D eigenvalue weighted by Gasteiger charge is 2.24. The fraction of sp³-hybridized carbons (Fsp3) is 0.500. The summed E-state index contributed by atoms with van der Waals surface area (Å²) in [6, 6.07) is 3.62. The van der Waals surface area contributed by atoms with E-state index in [9.17, 15) is 13.6 Å². The molecule has 0 bridgehead atoms. The second-order valence-electron chi connectivity index (χ2n) is 7.85. The van der Waals surface area contributed by atoms with E-state index in [4.69, 9.17) is 19.0 Å². The van der Waals surface area contributed by atoms with Gasteiger partial charge in [-0.3, -0.25) is 0 Å². The van der Waals surface area contributed by atoms with E-state index < -0.39 is 17.8 Å². The first-order valence-corrected chi connectivity index (χ1v) is 10.9. The number of nitrogens with zero attached hydrogens (tertiary/aromatic N) is 3. The maximum absolute atomic E-state index is 14.5. The number of nitrogens with one attached hydrogen (secondary N) is 2. The number of carbonyl (C=O) groups is 1. The second kappa shape index (κ2) is 12.3. The van der Waals surface area contributed by atoms with E-state index in [-0.39, 0.29) is 35.3 Å². The fourth-order valence-corrected chi connectivity index (χ4v) is 3.21. The first-order chi connectivity index (χ1) is 16.3. The van der Waals surface area contributed by atoms with Crippen molar-refractivity contribution in [3.8, 4) is 5.88 Å². The molecule has 10 nitrogen and oxygen atoms in total. The summed E-state index contributed by atoms with van der Waals surface area (Å²) in [6.45, 7) is 5.15. The lowest BCUT2D eigenvalue weighted by Gasteiger charge is -2.30. The van der Waals surface area contributed by atoms with Gasteiger partial charge in [-0.1, -0.05) is 0 Å². The fourth-order valence-electron chi connectivity index (χ4n) is 3.21. The zero-order valence-electron chi connectivity index (χ0n) is 19.3. The smallest absolute Gasteiger partial charge is 0.474 e. The van der Waals surface area contributed by atoms with E-state index in [0.717, 1.165) is 12.1 Å². The van der Waals surface area contributed by atoms with Gasteiger partial charge in [0.25, 0.3) is 0 Å². The Balaban J connectivity index is 1.54. The Hall–Kier alpha value is -3.25. The molecule has 34 heavy (non-hydrogen) atoms. The Morgan fingerprint density at radius 3 is 2.56 bits per heavy atom. The Bertz CT molecular complexity index is 957. The van der Waals surface area contributed by atoms with Gasteiger partial charge in [0.1, 0.15) is 29.9 Å². The standard InChI is InChI=1S/C22H29F2N5O5/c1-14(2)32-22(30)34-29-7-4-15(5-8-29)33-21-12-20(26-13-27-21)28-19-11-16(23)18(10-17(19)24)25-6-9-31-3/h10-15,25H,4-9H2,1-3H3,(H,26,27,28). The molecule has 0 unspecified atom stereocenters. The van der Waals surface area contributed by atoms with Crippen LogP contribution >= 0.6 is 0 Å². The number of methoxy groups -OCH3 is 1. The van der Waals surface area contributed by atoms with Crippen LogP contribution < -0.4 is 15.4 Å². The first-order valence-electron chi connectivity index (χ1n) is 10.9. The van der Waals surface area contributed by atoms with Crippen molar-refractivity contribution in [3.63, 3.8) is 0 Å². The highest BCUT2D eigenvalue weighted by atomic mass is 19.1. The highest BCUT2D eigenvalue weighted by Crippen LogP contribution is 2.26. The molecule has 2 aromatic rings. The van der Waals surface area contributed by atoms with Gasteiger partial charge in [0.15, 0.2) is 0 Å². The predicted molar refractivity (Wildman–Crippen MR) is 120 cm³/mol. The van der Waals surface area contributed by atoms with Crippen molar-refractivity contribution >= 4 is 23.3 Å². The summed E-state index contributed by atoms with van der Waals surface area (Å²) in [6.07, 6.45) is 1.32. The Kier molecular flexibility index (Phi) is 9.16. The molecule has 0 saturated carbocycles. The van der Waals surface area contributed by atoms with Crippen LogP contribution in [0.5, 0.6) is 5.88 Å². The van der Waals surface area contributed by atoms with E-state index in [2.05, 4.69) is 20.6 Å². The molecule has 0 amide bonds. The number of benzene rings is 1. The van der Waals surface area contributed by atoms with Gasteiger partial charge in [0, 0.05) is 57.8 Å². The number of rotatable bonds is 10. The average molecular weight is 482 g/mol. The summed E-state index contributed by atoms with van der Waals surface area (Å²) >= 11 is 0. The Morgan fingerprint density at radius 1 is 1.15 bits per heavy atom. The van der Waals surface area contributed by atoms with Crippen LogP contribution in [-0.2, 0) is 14.3 Å². The summed E-state index contributed by atoms with van der Waals surface area (Å²) in [5, 5.41) is 7.05. The molecule has 1 aliphatic heterocycles. The summed E-state index contributed by atoms with van der Waals surface area (Å²) in [5.74, 6) is -0.724. The second-order valence-corrected chi connectivity index (χ2v) is 7.85. The summed E-state index contributed by atoms with van der Waals surface area (Å²) in [5.41, 5.74) is -0.0298. The molecule has 0 atom stereocenters. The van der Waals surface area contributed by atoms with E-state index in [1.54, 1.807) is 13.8 Å². The molecule has 1 saturated heterocycles. The highest BCUT2D eigenvalue weighted by molar-refractivity contribution is 5.62. The lowest BCUT2D eigenvalue weighted by molar-refractivity contribution is -0.151. The Labute approximate surface area is 196 Å². The third-order valence-electron chi connectivity index (χ3n) is 4.81. The van der Waals surface area contributed by atoms with Gasteiger partial charge >= 0.3 is 6.16 Å². The van der Waals surface area contributed by atoms with Crippen LogP contribution in [0.4, 0.5) is 30.8 Å². The van der Waals surface area contributed by atoms with Crippen molar-refractivity contribution in [1.29, 1.82) is 0 Å². The largest absolute Gasteiger partial charge is 0.528 e. The molecule has 1 aliphatic rings. The molecule has 1 fully saturated rings. The molecule has 0 spiro atoms. The van der Waals surface area contributed by atoms with E-state index in [1.165, 1.54) is 24.6 Å². The lowest BCUT2D eigenvalue weighted by Crippen LogP contribution is -2.40. The summed E-state index contributed by atoms with van der Waals surface area (Å²) in [4.78, 5) is 24.9. The maximum Gasteiger partial charge on any atom is 0.528 e. The average Bonchev–Trinajstić information content (AvgIpc) is 2.78. The number of piperidine rings is 1. The van der Waals surface area contributed by atoms with Crippen molar-refractivity contribution in [3.05, 3.63) is 36.2 Å². The van der Waals surface area contributed by atoms with Crippen LogP contribution in [0, 0.1) is 11.6 Å². The van der Waals surface area contributed by atoms with Gasteiger partial charge in [-0.05, 0) is 13.8 Å². The molecule has 2 heterocycles. The molecule has 0 radical (unpaired) electrons. The number of hydrogen-bond donors (Lipinski definition) is 2. The number of ether oxygens (including phenoxy) is 3. The minimum absolute atomic E-state index is 0.0413. The molecule has 1 aromatic carbocycles. The third-order valence-corrected chi connectivity index (χ3v) is 4.81. The van der Waals surface area contributed by atoms with Crippen molar-refractivity contribution in [2.75, 3.05) is 44.0 Å². The molecule has 1 aromatic heterocycles. The normalized spacial score (nSPS) is 14.6. The molecule has 2 N–H and O–H groups in total. The van der Waals surface area contributed by atoms with Crippen LogP contribution in [0.1, 0.15) is 26.7 Å². The van der Waals surface area contributed by atoms with Crippen molar-refractivity contribution in [2.45, 2.75) is 38.9 Å². The van der Waals surface area contributed by atoms with E-state index >= 15 is 0 Å². The van der Waals surface area contributed by atoms with E-state index in [0.29, 0.717) is 39.1 Å². The lowest BCUT2D eigenvalue weighted by atomic mass is 10.1. The van der Waals surface area contributed by atoms with Crippen LogP contribution in [-0.4, -0.2) is 66.7 Å². The van der Waals surface area contributed by atoms with Crippen LogP contribution in [0.2, 0.25) is 0 Å². The van der Waals surface area contributed by atoms with Gasteiger partial charge in [0.05, 0.1) is 24.1 Å². The monoisotopic (exact) mass is 481 g/mol. The number of anilines is 3. The maximum atomic E-state index is 14.5. The predicted octanol–water partition coefficient (Wildman–Crippen LogP) is 3.88. The zero-order valence-corrected chi connectivity index (χ0v) is 19.3. The van der Waals surface area contributed by atoms with Crippen molar-refractivity contribution in [2.24, 2.45) is 0 Å². The van der Waals surface area contributed by atoms with Crippen LogP contribution in [0.25, 0.3) is 0 Å². The topological polar surface area (TPSA) is 107 Å². The SMILES string of the molecule is COCCNc1cc(F)c(Nc2cc(OC3CCN(OC(=O)OC(C)C)CC3)ncn2)cc1F. The molecule has 0 aliphatic carbocycles.